The van der Waals surface area contributed by atoms with Crippen LogP contribution < -0.4 is 5.32 Å². The second-order valence-corrected chi connectivity index (χ2v) is 5.81. The van der Waals surface area contributed by atoms with E-state index in [4.69, 9.17) is 4.42 Å². The maximum atomic E-state index is 12.3. The molecule has 1 unspecified atom stereocenters. The van der Waals surface area contributed by atoms with E-state index in [1.807, 2.05) is 6.92 Å². The van der Waals surface area contributed by atoms with Gasteiger partial charge in [-0.2, -0.15) is 5.10 Å². The minimum atomic E-state index is -1.28. The van der Waals surface area contributed by atoms with E-state index >= 15 is 0 Å². The number of hydrogen-bond acceptors (Lipinski definition) is 5. The molecule has 0 fully saturated rings. The number of hydrogen-bond donors (Lipinski definition) is 3. The lowest BCUT2D eigenvalue weighted by molar-refractivity contribution is 0.0323. The lowest BCUT2D eigenvalue weighted by Crippen LogP contribution is -2.38. The molecule has 0 bridgehead atoms. The van der Waals surface area contributed by atoms with Gasteiger partial charge in [0.15, 0.2) is 5.65 Å². The number of aromatic nitrogens is 3. The number of pyridine rings is 1. The van der Waals surface area contributed by atoms with Crippen molar-refractivity contribution in [3.63, 3.8) is 0 Å². The molecule has 0 radical (unpaired) electrons. The third kappa shape index (κ3) is 2.95. The smallest absolute Gasteiger partial charge is 0.252 e. The van der Waals surface area contributed by atoms with Gasteiger partial charge in [0.25, 0.3) is 5.91 Å². The molecule has 0 saturated carbocycles. The SMILES string of the molecule is Cc1ccc(C(C)(O)CNC(=O)c2cnc3n[nH]c(C)c3c2)o1. The van der Waals surface area contributed by atoms with Crippen molar-refractivity contribution in [2.75, 3.05) is 6.54 Å². The predicted octanol–water partition coefficient (Wildman–Crippen LogP) is 1.81. The van der Waals surface area contributed by atoms with Crippen molar-refractivity contribution >= 4 is 16.9 Å². The summed E-state index contributed by atoms with van der Waals surface area (Å²) >= 11 is 0. The fourth-order valence-electron chi connectivity index (χ4n) is 2.31. The van der Waals surface area contributed by atoms with Gasteiger partial charge in [-0.1, -0.05) is 0 Å². The van der Waals surface area contributed by atoms with Gasteiger partial charge in [-0.15, -0.1) is 0 Å². The average molecular weight is 314 g/mol. The molecule has 0 aliphatic heterocycles. The Labute approximate surface area is 132 Å². The molecule has 3 heterocycles. The Hall–Kier alpha value is -2.67. The number of carbonyl (C=O) groups excluding carboxylic acids is 1. The van der Waals surface area contributed by atoms with Gasteiger partial charge in [0, 0.05) is 17.3 Å². The lowest BCUT2D eigenvalue weighted by Gasteiger charge is -2.21. The van der Waals surface area contributed by atoms with Gasteiger partial charge in [0.1, 0.15) is 17.1 Å². The summed E-state index contributed by atoms with van der Waals surface area (Å²) in [6.07, 6.45) is 1.46. The molecule has 23 heavy (non-hydrogen) atoms. The van der Waals surface area contributed by atoms with Crippen LogP contribution in [-0.2, 0) is 5.60 Å². The maximum absolute atomic E-state index is 12.3. The van der Waals surface area contributed by atoms with Crippen molar-refractivity contribution < 1.29 is 14.3 Å². The molecule has 7 nitrogen and oxygen atoms in total. The van der Waals surface area contributed by atoms with Crippen molar-refractivity contribution in [2.45, 2.75) is 26.4 Å². The summed E-state index contributed by atoms with van der Waals surface area (Å²) in [5.41, 5.74) is 0.540. The Morgan fingerprint density at radius 3 is 2.91 bits per heavy atom. The third-order valence-corrected chi connectivity index (χ3v) is 3.73. The third-order valence-electron chi connectivity index (χ3n) is 3.73. The number of aryl methyl sites for hydroxylation is 2. The molecule has 3 aromatic heterocycles. The molecule has 0 aliphatic rings. The van der Waals surface area contributed by atoms with Gasteiger partial charge in [0.05, 0.1) is 12.1 Å². The first-order chi connectivity index (χ1) is 10.9. The van der Waals surface area contributed by atoms with Gasteiger partial charge in [-0.25, -0.2) is 4.98 Å². The number of aliphatic hydroxyl groups is 1. The Bertz CT molecular complexity index is 863. The van der Waals surface area contributed by atoms with E-state index in [9.17, 15) is 9.90 Å². The summed E-state index contributed by atoms with van der Waals surface area (Å²) in [6.45, 7) is 5.28. The minimum absolute atomic E-state index is 0.0290. The first-order valence-corrected chi connectivity index (χ1v) is 7.25. The van der Waals surface area contributed by atoms with Gasteiger partial charge < -0.3 is 14.8 Å². The molecule has 0 saturated heterocycles. The number of amides is 1. The molecule has 1 amide bonds. The summed E-state index contributed by atoms with van der Waals surface area (Å²) in [5.74, 6) is 0.801. The number of fused-ring (bicyclic) bond motifs is 1. The molecular formula is C16H18N4O3. The number of rotatable bonds is 4. The molecule has 3 rings (SSSR count). The van der Waals surface area contributed by atoms with Gasteiger partial charge in [0.2, 0.25) is 0 Å². The number of nitrogens with one attached hydrogen (secondary N) is 2. The Morgan fingerprint density at radius 2 is 2.22 bits per heavy atom. The molecule has 3 N–H and O–H groups in total. The number of H-pyrrole nitrogens is 1. The highest BCUT2D eigenvalue weighted by Crippen LogP contribution is 2.22. The van der Waals surface area contributed by atoms with Crippen molar-refractivity contribution in [1.82, 2.24) is 20.5 Å². The van der Waals surface area contributed by atoms with E-state index in [0.717, 1.165) is 11.1 Å². The topological polar surface area (TPSA) is 104 Å². The van der Waals surface area contributed by atoms with E-state index in [2.05, 4.69) is 20.5 Å². The fourth-order valence-corrected chi connectivity index (χ4v) is 2.31. The summed E-state index contributed by atoms with van der Waals surface area (Å²) in [7, 11) is 0. The van der Waals surface area contributed by atoms with Crippen LogP contribution in [-0.4, -0.2) is 32.7 Å². The number of furan rings is 1. The molecule has 120 valence electrons. The van der Waals surface area contributed by atoms with Crippen molar-refractivity contribution in [3.8, 4) is 0 Å². The molecule has 1 atom stereocenters. The zero-order valence-corrected chi connectivity index (χ0v) is 13.2. The van der Waals surface area contributed by atoms with Crippen LogP contribution in [0.2, 0.25) is 0 Å². The second kappa shape index (κ2) is 5.51. The van der Waals surface area contributed by atoms with Crippen LogP contribution in [0.25, 0.3) is 11.0 Å². The first kappa shape index (κ1) is 15.2. The van der Waals surface area contributed by atoms with E-state index in [0.29, 0.717) is 22.7 Å². The molecule has 0 aromatic carbocycles. The van der Waals surface area contributed by atoms with Gasteiger partial charge in [-0.3, -0.25) is 9.89 Å². The molecular weight excluding hydrogens is 296 g/mol. The first-order valence-electron chi connectivity index (χ1n) is 7.25. The lowest BCUT2D eigenvalue weighted by atomic mass is 10.0. The number of nitrogens with zero attached hydrogens (tertiary/aromatic N) is 2. The highest BCUT2D eigenvalue weighted by atomic mass is 16.4. The Morgan fingerprint density at radius 1 is 1.43 bits per heavy atom. The second-order valence-electron chi connectivity index (χ2n) is 5.81. The van der Waals surface area contributed by atoms with Crippen LogP contribution in [0.3, 0.4) is 0 Å². The Balaban J connectivity index is 1.74. The fraction of sp³-hybridized carbons (Fsp3) is 0.312. The van der Waals surface area contributed by atoms with E-state index in [1.54, 1.807) is 32.0 Å². The summed E-state index contributed by atoms with van der Waals surface area (Å²) < 4.78 is 5.42. The monoisotopic (exact) mass is 314 g/mol. The number of carbonyl (C=O) groups is 1. The summed E-state index contributed by atoms with van der Waals surface area (Å²) in [6, 6.07) is 5.19. The van der Waals surface area contributed by atoms with Gasteiger partial charge in [-0.05, 0) is 39.0 Å². The average Bonchev–Trinajstić information content (AvgIpc) is 3.12. The van der Waals surface area contributed by atoms with Crippen molar-refractivity contribution in [2.24, 2.45) is 0 Å². The quantitative estimate of drug-likeness (QED) is 0.681. The van der Waals surface area contributed by atoms with Gasteiger partial charge >= 0.3 is 0 Å². The van der Waals surface area contributed by atoms with Crippen LogP contribution in [0.1, 0.15) is 34.5 Å². The van der Waals surface area contributed by atoms with E-state index in [-0.39, 0.29) is 12.5 Å². The highest BCUT2D eigenvalue weighted by molar-refractivity contribution is 5.97. The molecule has 0 aliphatic carbocycles. The van der Waals surface area contributed by atoms with Crippen molar-refractivity contribution in [3.05, 3.63) is 47.2 Å². The normalized spacial score (nSPS) is 13.9. The van der Waals surface area contributed by atoms with Crippen LogP contribution >= 0.6 is 0 Å². The maximum Gasteiger partial charge on any atom is 0.252 e. The largest absolute Gasteiger partial charge is 0.463 e. The van der Waals surface area contributed by atoms with Crippen LogP contribution in [0.5, 0.6) is 0 Å². The summed E-state index contributed by atoms with van der Waals surface area (Å²) in [5, 5.41) is 20.8. The molecule has 0 spiro atoms. The van der Waals surface area contributed by atoms with Crippen LogP contribution in [0.15, 0.2) is 28.8 Å². The van der Waals surface area contributed by atoms with Crippen molar-refractivity contribution in [1.29, 1.82) is 0 Å². The van der Waals surface area contributed by atoms with Crippen LogP contribution in [0.4, 0.5) is 0 Å². The van der Waals surface area contributed by atoms with Crippen LogP contribution in [0, 0.1) is 13.8 Å². The summed E-state index contributed by atoms with van der Waals surface area (Å²) in [4.78, 5) is 16.4. The zero-order chi connectivity index (χ0) is 16.6. The van der Waals surface area contributed by atoms with E-state index in [1.165, 1.54) is 6.20 Å². The Kier molecular flexibility index (Phi) is 3.65. The standard InChI is InChI=1S/C16H18N4O3/c1-9-4-5-13(23-9)16(3,22)8-18-15(21)11-6-12-10(2)19-20-14(12)17-7-11/h4-7,22H,8H2,1-3H3,(H,18,21)(H,17,19,20). The predicted molar refractivity (Wildman–Crippen MR) is 84.0 cm³/mol. The number of aromatic amines is 1. The molecule has 3 aromatic rings. The van der Waals surface area contributed by atoms with E-state index < -0.39 is 5.60 Å². The zero-order valence-electron chi connectivity index (χ0n) is 13.2. The highest BCUT2D eigenvalue weighted by Gasteiger charge is 2.27. The molecule has 7 heteroatoms. The minimum Gasteiger partial charge on any atom is -0.463 e.